The minimum atomic E-state index is -1.34. The van der Waals surface area contributed by atoms with Gasteiger partial charge < -0.3 is 15.1 Å². The molecule has 1 N–H and O–H groups in total. The highest BCUT2D eigenvalue weighted by Gasteiger charge is 2.36. The number of aromatic nitrogens is 1. The first-order chi connectivity index (χ1) is 16.4. The van der Waals surface area contributed by atoms with Crippen LogP contribution >= 0.6 is 0 Å². The second-order valence-electron chi connectivity index (χ2n) is 9.39. The van der Waals surface area contributed by atoms with Crippen LogP contribution in [0.25, 0.3) is 11.1 Å². The molecule has 5 rings (SSSR count). The van der Waals surface area contributed by atoms with Gasteiger partial charge in [0.05, 0.1) is 12.2 Å². The molecule has 7 heteroatoms. The summed E-state index contributed by atoms with van der Waals surface area (Å²) in [6, 6.07) is 18.1. The van der Waals surface area contributed by atoms with Gasteiger partial charge >= 0.3 is 6.03 Å². The van der Waals surface area contributed by atoms with E-state index in [0.29, 0.717) is 48.7 Å². The third kappa shape index (κ3) is 4.47. The zero-order valence-corrected chi connectivity index (χ0v) is 19.2. The van der Waals surface area contributed by atoms with E-state index < -0.39 is 11.5 Å². The molecule has 2 unspecified atom stereocenters. The predicted octanol–water partition coefficient (Wildman–Crippen LogP) is 5.85. The van der Waals surface area contributed by atoms with Gasteiger partial charge in [-0.1, -0.05) is 48.5 Å². The van der Waals surface area contributed by atoms with Crippen LogP contribution in [0.5, 0.6) is 0 Å². The van der Waals surface area contributed by atoms with Crippen LogP contribution in [0.4, 0.5) is 25.1 Å². The minimum absolute atomic E-state index is 0.170. The number of hydrogen-bond donors (Lipinski definition) is 1. The van der Waals surface area contributed by atoms with Crippen molar-refractivity contribution >= 4 is 17.5 Å². The molecule has 2 amide bonds. The van der Waals surface area contributed by atoms with Gasteiger partial charge in [-0.15, -0.1) is 0 Å². The predicted molar refractivity (Wildman–Crippen MR) is 130 cm³/mol. The highest BCUT2D eigenvalue weighted by atomic mass is 19.1. The van der Waals surface area contributed by atoms with Gasteiger partial charge in [0.1, 0.15) is 11.5 Å². The fourth-order valence-electron chi connectivity index (χ4n) is 4.95. The number of hydrogen-bond acceptors (Lipinski definition) is 3. The van der Waals surface area contributed by atoms with Crippen molar-refractivity contribution in [3.8, 4) is 11.1 Å². The van der Waals surface area contributed by atoms with Crippen molar-refractivity contribution < 1.29 is 13.6 Å². The number of nitrogens with one attached hydrogen (secondary N) is 1. The number of carbonyl (C=O) groups excluding carboxylic acids is 1. The Labute approximate surface area is 198 Å². The summed E-state index contributed by atoms with van der Waals surface area (Å²) in [5.74, 6) is 0.351. The van der Waals surface area contributed by atoms with Gasteiger partial charge in [-0.25, -0.2) is 18.6 Å². The quantitative estimate of drug-likeness (QED) is 0.529. The average Bonchev–Trinajstić information content (AvgIpc) is 3.47. The Hall–Kier alpha value is -3.48. The standard InChI is InChI=1S/C27H28F2N4O/c1-27(29)13-16-33(18-27)25-24(22(11-14-30-25)21-9-5-6-10-23(21)28)31-26(34)32-15-12-20(17-32)19-7-3-2-4-8-19/h2-11,14,20H,12-13,15-18H2,1H3,(H,31,34). The van der Waals surface area contributed by atoms with Crippen LogP contribution in [0.3, 0.4) is 0 Å². The van der Waals surface area contributed by atoms with Gasteiger partial charge in [-0.05, 0) is 31.0 Å². The van der Waals surface area contributed by atoms with Crippen LogP contribution in [0.15, 0.2) is 66.9 Å². The molecule has 2 aromatic carbocycles. The van der Waals surface area contributed by atoms with Crippen LogP contribution in [0, 0.1) is 5.82 Å². The second kappa shape index (κ2) is 9.05. The number of pyridine rings is 1. The van der Waals surface area contributed by atoms with Crippen LogP contribution < -0.4 is 10.2 Å². The van der Waals surface area contributed by atoms with Crippen molar-refractivity contribution in [3.63, 3.8) is 0 Å². The molecule has 2 aliphatic heterocycles. The summed E-state index contributed by atoms with van der Waals surface area (Å²) in [4.78, 5) is 21.5. The van der Waals surface area contributed by atoms with E-state index >= 15 is 0 Å². The van der Waals surface area contributed by atoms with Crippen molar-refractivity contribution in [3.05, 3.63) is 78.2 Å². The van der Waals surface area contributed by atoms with Crippen LogP contribution in [0.1, 0.15) is 31.2 Å². The fraction of sp³-hybridized carbons (Fsp3) is 0.333. The number of likely N-dealkylation sites (tertiary alicyclic amines) is 1. The summed E-state index contributed by atoms with van der Waals surface area (Å²) in [6.45, 7) is 3.45. The molecule has 0 saturated carbocycles. The first-order valence-electron chi connectivity index (χ1n) is 11.7. The molecular weight excluding hydrogens is 434 g/mol. The summed E-state index contributed by atoms with van der Waals surface area (Å²) in [7, 11) is 0. The Balaban J connectivity index is 1.46. The van der Waals surface area contributed by atoms with E-state index in [2.05, 4.69) is 22.4 Å². The molecular formula is C27H28F2N4O. The molecule has 2 saturated heterocycles. The minimum Gasteiger partial charge on any atom is -0.352 e. The van der Waals surface area contributed by atoms with Crippen molar-refractivity contribution in [1.82, 2.24) is 9.88 Å². The summed E-state index contributed by atoms with van der Waals surface area (Å²) < 4.78 is 29.4. The van der Waals surface area contributed by atoms with Crippen molar-refractivity contribution in [2.24, 2.45) is 0 Å². The lowest BCUT2D eigenvalue weighted by atomic mass is 9.99. The van der Waals surface area contributed by atoms with Crippen LogP contribution in [-0.4, -0.2) is 47.8 Å². The molecule has 1 aromatic heterocycles. The van der Waals surface area contributed by atoms with E-state index in [9.17, 15) is 13.6 Å². The van der Waals surface area contributed by atoms with Gasteiger partial charge in [0.25, 0.3) is 0 Å². The Morgan fingerprint density at radius 3 is 2.56 bits per heavy atom. The molecule has 0 spiro atoms. The molecule has 3 aromatic rings. The lowest BCUT2D eigenvalue weighted by molar-refractivity contribution is 0.221. The maximum atomic E-state index is 14.7. The first-order valence-corrected chi connectivity index (χ1v) is 11.7. The maximum Gasteiger partial charge on any atom is 0.321 e. The average molecular weight is 463 g/mol. The molecule has 0 aliphatic carbocycles. The van der Waals surface area contributed by atoms with E-state index in [1.807, 2.05) is 23.1 Å². The number of carbonyl (C=O) groups is 1. The number of amides is 2. The second-order valence-corrected chi connectivity index (χ2v) is 9.39. The highest BCUT2D eigenvalue weighted by Crippen LogP contribution is 2.39. The van der Waals surface area contributed by atoms with Crippen molar-refractivity contribution in [1.29, 1.82) is 0 Å². The summed E-state index contributed by atoms with van der Waals surface area (Å²) in [5, 5.41) is 3.02. The van der Waals surface area contributed by atoms with Gasteiger partial charge in [-0.3, -0.25) is 0 Å². The number of halogens is 2. The number of alkyl halides is 1. The van der Waals surface area contributed by atoms with Gasteiger partial charge in [0.15, 0.2) is 5.82 Å². The monoisotopic (exact) mass is 462 g/mol. The molecule has 0 bridgehead atoms. The number of benzene rings is 2. The lowest BCUT2D eigenvalue weighted by Gasteiger charge is -2.25. The third-order valence-electron chi connectivity index (χ3n) is 6.80. The molecule has 5 nitrogen and oxygen atoms in total. The molecule has 2 atom stereocenters. The zero-order chi connectivity index (χ0) is 23.7. The topological polar surface area (TPSA) is 48.5 Å². The van der Waals surface area contributed by atoms with Crippen LogP contribution in [0.2, 0.25) is 0 Å². The lowest BCUT2D eigenvalue weighted by Crippen LogP contribution is -2.34. The van der Waals surface area contributed by atoms with E-state index in [1.54, 1.807) is 42.3 Å². The molecule has 0 radical (unpaired) electrons. The van der Waals surface area contributed by atoms with Gasteiger partial charge in [0, 0.05) is 49.3 Å². The van der Waals surface area contributed by atoms with E-state index in [-0.39, 0.29) is 18.5 Å². The molecule has 176 valence electrons. The highest BCUT2D eigenvalue weighted by molar-refractivity contribution is 5.99. The van der Waals surface area contributed by atoms with Gasteiger partial charge in [0.2, 0.25) is 0 Å². The summed E-state index contributed by atoms with van der Waals surface area (Å²) in [6.07, 6.45) is 2.84. The summed E-state index contributed by atoms with van der Waals surface area (Å²) >= 11 is 0. The largest absolute Gasteiger partial charge is 0.352 e. The zero-order valence-electron chi connectivity index (χ0n) is 19.2. The van der Waals surface area contributed by atoms with Gasteiger partial charge in [-0.2, -0.15) is 0 Å². The number of urea groups is 1. The molecule has 2 aliphatic rings. The Kier molecular flexibility index (Phi) is 5.94. The summed E-state index contributed by atoms with van der Waals surface area (Å²) in [5.41, 5.74) is 1.19. The Morgan fingerprint density at radius 2 is 1.82 bits per heavy atom. The third-order valence-corrected chi connectivity index (χ3v) is 6.80. The van der Waals surface area contributed by atoms with E-state index in [1.165, 1.54) is 11.6 Å². The van der Waals surface area contributed by atoms with Crippen molar-refractivity contribution in [2.75, 3.05) is 36.4 Å². The SMILES string of the molecule is CC1(F)CCN(c2nccc(-c3ccccc3F)c2NC(=O)N2CCC(c3ccccc3)C2)C1. The fourth-order valence-corrected chi connectivity index (χ4v) is 4.95. The maximum absolute atomic E-state index is 14.7. The Bertz CT molecular complexity index is 1180. The first kappa shape index (κ1) is 22.3. The number of nitrogens with zero attached hydrogens (tertiary/aromatic N) is 3. The Morgan fingerprint density at radius 1 is 1.06 bits per heavy atom. The number of anilines is 2. The number of rotatable bonds is 4. The normalized spacial score (nSPS) is 22.3. The molecule has 3 heterocycles. The molecule has 2 fully saturated rings. The smallest absolute Gasteiger partial charge is 0.321 e. The van der Waals surface area contributed by atoms with E-state index in [0.717, 1.165) is 6.42 Å². The van der Waals surface area contributed by atoms with Crippen LogP contribution in [-0.2, 0) is 0 Å². The van der Waals surface area contributed by atoms with Crippen molar-refractivity contribution in [2.45, 2.75) is 31.4 Å². The van der Waals surface area contributed by atoms with E-state index in [4.69, 9.17) is 0 Å². The molecule has 34 heavy (non-hydrogen) atoms.